The maximum Gasteiger partial charge on any atom is 0.331 e. The van der Waals surface area contributed by atoms with Gasteiger partial charge in [0, 0.05) is 11.5 Å². The second kappa shape index (κ2) is 3.70. The second-order valence-electron chi connectivity index (χ2n) is 6.08. The Bertz CT molecular complexity index is 462. The Hall–Kier alpha value is -1.09. The Kier molecular flexibility index (Phi) is 2.46. The van der Waals surface area contributed by atoms with E-state index in [1.54, 1.807) is 0 Å². The summed E-state index contributed by atoms with van der Waals surface area (Å²) >= 11 is 0. The molecule has 2 heterocycles. The fourth-order valence-corrected chi connectivity index (χ4v) is 4.13. The SMILES string of the molecule is C=C(C(=O)O)[C@H]1CC2=C(C)CC[C@]23O[C@H]1C[C@@H]3C. The summed E-state index contributed by atoms with van der Waals surface area (Å²) in [5.74, 6) is -0.419. The number of aliphatic carboxylic acids is 1. The van der Waals surface area contributed by atoms with Crippen LogP contribution in [0.15, 0.2) is 23.3 Å². The number of carbonyl (C=O) groups is 1. The van der Waals surface area contributed by atoms with Gasteiger partial charge >= 0.3 is 5.97 Å². The van der Waals surface area contributed by atoms with Crippen LogP contribution in [0.5, 0.6) is 0 Å². The van der Waals surface area contributed by atoms with Crippen LogP contribution in [0.2, 0.25) is 0 Å². The van der Waals surface area contributed by atoms with Crippen molar-refractivity contribution in [2.45, 2.75) is 51.2 Å². The van der Waals surface area contributed by atoms with Crippen LogP contribution in [0.4, 0.5) is 0 Å². The van der Waals surface area contributed by atoms with Crippen molar-refractivity contribution in [2.75, 3.05) is 0 Å². The molecular formula is C15H20O3. The van der Waals surface area contributed by atoms with Gasteiger partial charge in [-0.15, -0.1) is 0 Å². The maximum atomic E-state index is 11.2. The molecule has 2 fully saturated rings. The third-order valence-corrected chi connectivity index (χ3v) is 5.24. The molecule has 0 aromatic carbocycles. The molecule has 1 N–H and O–H groups in total. The minimum atomic E-state index is -0.882. The lowest BCUT2D eigenvalue weighted by Gasteiger charge is -2.39. The normalized spacial score (nSPS) is 42.0. The lowest BCUT2D eigenvalue weighted by Crippen LogP contribution is -2.41. The molecule has 2 bridgehead atoms. The Labute approximate surface area is 108 Å². The minimum Gasteiger partial charge on any atom is -0.478 e. The molecular weight excluding hydrogens is 228 g/mol. The monoisotopic (exact) mass is 248 g/mol. The second-order valence-corrected chi connectivity index (χ2v) is 6.08. The Morgan fingerprint density at radius 2 is 2.28 bits per heavy atom. The van der Waals surface area contributed by atoms with Crippen molar-refractivity contribution in [3.63, 3.8) is 0 Å². The largest absolute Gasteiger partial charge is 0.478 e. The number of rotatable bonds is 2. The molecule has 2 aliphatic heterocycles. The zero-order chi connectivity index (χ0) is 13.1. The summed E-state index contributed by atoms with van der Waals surface area (Å²) in [7, 11) is 0. The van der Waals surface area contributed by atoms with Crippen molar-refractivity contribution in [1.29, 1.82) is 0 Å². The van der Waals surface area contributed by atoms with Gasteiger partial charge in [0.25, 0.3) is 0 Å². The predicted molar refractivity (Wildman–Crippen MR) is 68.2 cm³/mol. The number of hydrogen-bond donors (Lipinski definition) is 1. The first kappa shape index (κ1) is 12.0. The Balaban J connectivity index is 1.99. The molecule has 3 nitrogen and oxygen atoms in total. The standard InChI is InChI=1S/C15H20O3/c1-8-4-5-15-9(2)6-13(18-15)11(7-12(8)15)10(3)14(16)17/h9,11,13H,3-7H2,1-2H3,(H,16,17)/t9-,11+,13-,15+/m0/s1. The van der Waals surface area contributed by atoms with Crippen LogP contribution in [-0.2, 0) is 9.53 Å². The van der Waals surface area contributed by atoms with Gasteiger partial charge in [-0.1, -0.05) is 19.1 Å². The van der Waals surface area contributed by atoms with E-state index in [0.717, 1.165) is 25.7 Å². The number of carboxylic acid groups (broad SMARTS) is 1. The molecule has 0 saturated carbocycles. The highest BCUT2D eigenvalue weighted by molar-refractivity contribution is 5.86. The molecule has 0 aromatic rings. The van der Waals surface area contributed by atoms with E-state index in [9.17, 15) is 4.79 Å². The Morgan fingerprint density at radius 3 is 2.94 bits per heavy atom. The average Bonchev–Trinajstić information content (AvgIpc) is 2.78. The lowest BCUT2D eigenvalue weighted by molar-refractivity contribution is -0.135. The Morgan fingerprint density at radius 1 is 1.56 bits per heavy atom. The van der Waals surface area contributed by atoms with Gasteiger partial charge in [0.1, 0.15) is 0 Å². The van der Waals surface area contributed by atoms with Crippen molar-refractivity contribution in [3.05, 3.63) is 23.3 Å². The van der Waals surface area contributed by atoms with Crippen LogP contribution in [0.3, 0.4) is 0 Å². The molecule has 1 spiro atoms. The zero-order valence-corrected chi connectivity index (χ0v) is 11.0. The molecule has 98 valence electrons. The summed E-state index contributed by atoms with van der Waals surface area (Å²) in [5.41, 5.74) is 3.03. The lowest BCUT2D eigenvalue weighted by atomic mass is 9.80. The molecule has 18 heavy (non-hydrogen) atoms. The first-order valence-corrected chi connectivity index (χ1v) is 6.74. The first-order valence-electron chi connectivity index (χ1n) is 6.74. The molecule has 0 aromatic heterocycles. The molecule has 4 atom stereocenters. The number of allylic oxidation sites excluding steroid dienone is 1. The van der Waals surface area contributed by atoms with E-state index in [0.29, 0.717) is 11.5 Å². The summed E-state index contributed by atoms with van der Waals surface area (Å²) in [6, 6.07) is 0. The quantitative estimate of drug-likeness (QED) is 0.603. The molecule has 3 heteroatoms. The van der Waals surface area contributed by atoms with E-state index in [2.05, 4.69) is 20.4 Å². The van der Waals surface area contributed by atoms with E-state index in [1.807, 2.05) is 0 Å². The number of fused-ring (bicyclic) bond motifs is 1. The van der Waals surface area contributed by atoms with Gasteiger partial charge in [-0.25, -0.2) is 4.79 Å². The van der Waals surface area contributed by atoms with Crippen molar-refractivity contribution in [3.8, 4) is 0 Å². The van der Waals surface area contributed by atoms with Crippen LogP contribution in [0, 0.1) is 11.8 Å². The van der Waals surface area contributed by atoms with Gasteiger partial charge in [-0.3, -0.25) is 0 Å². The predicted octanol–water partition coefficient (Wildman–Crippen LogP) is 2.92. The number of ether oxygens (including phenoxy) is 1. The molecule has 1 aliphatic carbocycles. The molecule has 3 rings (SSSR count). The smallest absolute Gasteiger partial charge is 0.331 e. The van der Waals surface area contributed by atoms with Gasteiger partial charge in [0.15, 0.2) is 0 Å². The molecule has 0 amide bonds. The van der Waals surface area contributed by atoms with E-state index in [1.165, 1.54) is 11.1 Å². The van der Waals surface area contributed by atoms with E-state index in [-0.39, 0.29) is 17.6 Å². The van der Waals surface area contributed by atoms with E-state index >= 15 is 0 Å². The van der Waals surface area contributed by atoms with E-state index < -0.39 is 5.97 Å². The fraction of sp³-hybridized carbons (Fsp3) is 0.667. The number of hydrogen-bond acceptors (Lipinski definition) is 2. The summed E-state index contributed by atoms with van der Waals surface area (Å²) in [5, 5.41) is 9.16. The van der Waals surface area contributed by atoms with Gasteiger partial charge in [0.05, 0.1) is 11.7 Å². The summed E-state index contributed by atoms with van der Waals surface area (Å²) in [6.07, 6.45) is 4.04. The third-order valence-electron chi connectivity index (χ3n) is 5.24. The van der Waals surface area contributed by atoms with Gasteiger partial charge < -0.3 is 9.84 Å². The summed E-state index contributed by atoms with van der Waals surface area (Å²) in [4.78, 5) is 11.2. The average molecular weight is 248 g/mol. The highest BCUT2D eigenvalue weighted by atomic mass is 16.5. The molecule has 0 unspecified atom stereocenters. The van der Waals surface area contributed by atoms with Crippen molar-refractivity contribution >= 4 is 5.97 Å². The van der Waals surface area contributed by atoms with Crippen LogP contribution in [-0.4, -0.2) is 22.8 Å². The van der Waals surface area contributed by atoms with Gasteiger partial charge in [-0.2, -0.15) is 0 Å². The molecule has 2 saturated heterocycles. The first-order chi connectivity index (χ1) is 8.45. The van der Waals surface area contributed by atoms with E-state index in [4.69, 9.17) is 9.84 Å². The number of carboxylic acids is 1. The molecule has 0 radical (unpaired) electrons. The highest BCUT2D eigenvalue weighted by Crippen LogP contribution is 2.58. The zero-order valence-electron chi connectivity index (χ0n) is 11.0. The van der Waals surface area contributed by atoms with Crippen molar-refractivity contribution in [1.82, 2.24) is 0 Å². The van der Waals surface area contributed by atoms with Gasteiger partial charge in [-0.05, 0) is 44.1 Å². The van der Waals surface area contributed by atoms with Crippen LogP contribution >= 0.6 is 0 Å². The fourth-order valence-electron chi connectivity index (χ4n) is 4.13. The van der Waals surface area contributed by atoms with Gasteiger partial charge in [0.2, 0.25) is 0 Å². The maximum absolute atomic E-state index is 11.2. The van der Waals surface area contributed by atoms with Crippen LogP contribution < -0.4 is 0 Å². The van der Waals surface area contributed by atoms with Crippen molar-refractivity contribution < 1.29 is 14.6 Å². The van der Waals surface area contributed by atoms with Crippen molar-refractivity contribution in [2.24, 2.45) is 11.8 Å². The molecule has 3 aliphatic rings. The summed E-state index contributed by atoms with van der Waals surface area (Å²) < 4.78 is 6.29. The topological polar surface area (TPSA) is 46.5 Å². The summed E-state index contributed by atoms with van der Waals surface area (Å²) in [6.45, 7) is 8.16. The highest BCUT2D eigenvalue weighted by Gasteiger charge is 2.57. The van der Waals surface area contributed by atoms with Crippen LogP contribution in [0.25, 0.3) is 0 Å². The minimum absolute atomic E-state index is 0.0383. The van der Waals surface area contributed by atoms with Crippen LogP contribution in [0.1, 0.15) is 39.5 Å². The third kappa shape index (κ3) is 1.37.